The fourth-order valence-electron chi connectivity index (χ4n) is 3.03. The molecule has 0 saturated carbocycles. The van der Waals surface area contributed by atoms with Crippen molar-refractivity contribution in [2.45, 2.75) is 32.7 Å². The summed E-state index contributed by atoms with van der Waals surface area (Å²) in [6.07, 6.45) is 2.89. The highest BCUT2D eigenvalue weighted by Gasteiger charge is 2.20. The van der Waals surface area contributed by atoms with Gasteiger partial charge in [-0.25, -0.2) is 0 Å². The second kappa shape index (κ2) is 8.08. The first-order chi connectivity index (χ1) is 11.2. The molecule has 0 unspecified atom stereocenters. The van der Waals surface area contributed by atoms with E-state index >= 15 is 0 Å². The normalized spacial score (nSPS) is 16.6. The van der Waals surface area contributed by atoms with Crippen LogP contribution < -0.4 is 5.32 Å². The standard InChI is InChI=1S/C18H24N2OS2/c1-14-4-5-16(23-14)11-18(21)19-12-15-6-8-20(9-7-15)13-17-3-2-10-22-17/h2-5,10,15H,6-9,11-13H2,1H3,(H,19,21). The summed E-state index contributed by atoms with van der Waals surface area (Å²) in [4.78, 5) is 18.4. The zero-order chi connectivity index (χ0) is 16.1. The van der Waals surface area contributed by atoms with Gasteiger partial charge in [-0.2, -0.15) is 0 Å². The van der Waals surface area contributed by atoms with E-state index in [-0.39, 0.29) is 5.91 Å². The van der Waals surface area contributed by atoms with E-state index in [4.69, 9.17) is 0 Å². The van der Waals surface area contributed by atoms with E-state index < -0.39 is 0 Å². The maximum Gasteiger partial charge on any atom is 0.225 e. The lowest BCUT2D eigenvalue weighted by molar-refractivity contribution is -0.120. The molecule has 0 radical (unpaired) electrons. The van der Waals surface area contributed by atoms with Crippen molar-refractivity contribution < 1.29 is 4.79 Å². The fourth-order valence-corrected chi connectivity index (χ4v) is 4.67. The largest absolute Gasteiger partial charge is 0.356 e. The van der Waals surface area contributed by atoms with Gasteiger partial charge in [0, 0.05) is 27.7 Å². The maximum atomic E-state index is 12.0. The highest BCUT2D eigenvalue weighted by molar-refractivity contribution is 7.12. The Morgan fingerprint density at radius 3 is 2.74 bits per heavy atom. The highest BCUT2D eigenvalue weighted by atomic mass is 32.1. The van der Waals surface area contributed by atoms with E-state index in [9.17, 15) is 4.79 Å². The quantitative estimate of drug-likeness (QED) is 0.863. The molecule has 5 heteroatoms. The van der Waals surface area contributed by atoms with Crippen molar-refractivity contribution in [1.29, 1.82) is 0 Å². The number of piperidine rings is 1. The Labute approximate surface area is 146 Å². The molecule has 1 aliphatic heterocycles. The summed E-state index contributed by atoms with van der Waals surface area (Å²) < 4.78 is 0. The summed E-state index contributed by atoms with van der Waals surface area (Å²) in [5.74, 6) is 0.788. The van der Waals surface area contributed by atoms with Crippen molar-refractivity contribution in [2.75, 3.05) is 19.6 Å². The lowest BCUT2D eigenvalue weighted by atomic mass is 9.96. The minimum Gasteiger partial charge on any atom is -0.356 e. The number of carbonyl (C=O) groups is 1. The first-order valence-corrected chi connectivity index (χ1v) is 9.95. The van der Waals surface area contributed by atoms with Crippen LogP contribution in [0.2, 0.25) is 0 Å². The average molecular weight is 349 g/mol. The van der Waals surface area contributed by atoms with Crippen molar-refractivity contribution in [3.63, 3.8) is 0 Å². The molecule has 1 N–H and O–H groups in total. The minimum atomic E-state index is 0.160. The predicted octanol–water partition coefficient (Wildman–Crippen LogP) is 3.69. The SMILES string of the molecule is Cc1ccc(CC(=O)NCC2CCN(Cc3cccs3)CC2)s1. The van der Waals surface area contributed by atoms with Crippen LogP contribution in [0.5, 0.6) is 0 Å². The second-order valence-electron chi connectivity index (χ2n) is 6.29. The van der Waals surface area contributed by atoms with Gasteiger partial charge >= 0.3 is 0 Å². The summed E-state index contributed by atoms with van der Waals surface area (Å²) >= 11 is 3.55. The molecule has 1 amide bonds. The molecule has 0 atom stereocenters. The summed E-state index contributed by atoms with van der Waals surface area (Å²) in [6, 6.07) is 8.47. The molecule has 1 aliphatic rings. The van der Waals surface area contributed by atoms with Crippen molar-refractivity contribution >= 4 is 28.6 Å². The van der Waals surface area contributed by atoms with E-state index in [1.54, 1.807) is 11.3 Å². The Morgan fingerprint density at radius 1 is 1.26 bits per heavy atom. The molecule has 0 aliphatic carbocycles. The van der Waals surface area contributed by atoms with Crippen LogP contribution in [0.4, 0.5) is 0 Å². The summed E-state index contributed by atoms with van der Waals surface area (Å²) in [5, 5.41) is 5.27. The van der Waals surface area contributed by atoms with Gasteiger partial charge in [0.25, 0.3) is 0 Å². The highest BCUT2D eigenvalue weighted by Crippen LogP contribution is 2.20. The van der Waals surface area contributed by atoms with Gasteiger partial charge < -0.3 is 5.32 Å². The Balaban J connectivity index is 1.35. The number of nitrogens with zero attached hydrogens (tertiary/aromatic N) is 1. The molecule has 1 saturated heterocycles. The third-order valence-electron chi connectivity index (χ3n) is 4.39. The fraction of sp³-hybridized carbons (Fsp3) is 0.500. The van der Waals surface area contributed by atoms with Gasteiger partial charge in [0.2, 0.25) is 5.91 Å². The average Bonchev–Trinajstić information content (AvgIpc) is 3.19. The van der Waals surface area contributed by atoms with Crippen LogP contribution in [0.25, 0.3) is 0 Å². The monoisotopic (exact) mass is 348 g/mol. The third kappa shape index (κ3) is 5.16. The van der Waals surface area contributed by atoms with Crippen LogP contribution in [-0.4, -0.2) is 30.4 Å². The Morgan fingerprint density at radius 2 is 2.09 bits per heavy atom. The number of nitrogens with one attached hydrogen (secondary N) is 1. The lowest BCUT2D eigenvalue weighted by Crippen LogP contribution is -2.38. The molecule has 3 rings (SSSR count). The molecule has 0 bridgehead atoms. The zero-order valence-corrected chi connectivity index (χ0v) is 15.2. The van der Waals surface area contributed by atoms with Crippen molar-refractivity contribution in [2.24, 2.45) is 5.92 Å². The van der Waals surface area contributed by atoms with Gasteiger partial charge in [0.05, 0.1) is 6.42 Å². The molecule has 0 aromatic carbocycles. The van der Waals surface area contributed by atoms with Crippen LogP contribution in [-0.2, 0) is 17.8 Å². The topological polar surface area (TPSA) is 32.3 Å². The van der Waals surface area contributed by atoms with E-state index in [0.717, 1.165) is 31.1 Å². The molecular weight excluding hydrogens is 324 g/mol. The smallest absolute Gasteiger partial charge is 0.225 e. The summed E-state index contributed by atoms with van der Waals surface area (Å²) in [7, 11) is 0. The zero-order valence-electron chi connectivity index (χ0n) is 13.6. The molecular formula is C18H24N2OS2. The Kier molecular flexibility index (Phi) is 5.86. The van der Waals surface area contributed by atoms with Gasteiger partial charge in [-0.05, 0) is 62.4 Å². The van der Waals surface area contributed by atoms with Crippen molar-refractivity contribution in [3.05, 3.63) is 44.3 Å². The molecule has 1 fully saturated rings. The van der Waals surface area contributed by atoms with E-state index in [1.165, 1.54) is 22.6 Å². The molecule has 3 heterocycles. The molecule has 2 aromatic heterocycles. The van der Waals surface area contributed by atoms with Gasteiger partial charge in [-0.1, -0.05) is 6.07 Å². The van der Waals surface area contributed by atoms with Crippen molar-refractivity contribution in [3.8, 4) is 0 Å². The van der Waals surface area contributed by atoms with Gasteiger partial charge in [0.15, 0.2) is 0 Å². The maximum absolute atomic E-state index is 12.0. The lowest BCUT2D eigenvalue weighted by Gasteiger charge is -2.31. The van der Waals surface area contributed by atoms with Crippen LogP contribution in [0, 0.1) is 12.8 Å². The number of thiophene rings is 2. The number of hydrogen-bond donors (Lipinski definition) is 1. The van der Waals surface area contributed by atoms with Gasteiger partial charge in [-0.15, -0.1) is 22.7 Å². The number of amides is 1. The molecule has 124 valence electrons. The van der Waals surface area contributed by atoms with E-state index in [2.05, 4.69) is 46.8 Å². The molecule has 23 heavy (non-hydrogen) atoms. The van der Waals surface area contributed by atoms with Crippen LogP contribution in [0.3, 0.4) is 0 Å². The van der Waals surface area contributed by atoms with E-state index in [1.807, 2.05) is 11.3 Å². The number of likely N-dealkylation sites (tertiary alicyclic amines) is 1. The molecule has 0 spiro atoms. The van der Waals surface area contributed by atoms with Crippen LogP contribution in [0.1, 0.15) is 27.5 Å². The Hall–Kier alpha value is -1.17. The van der Waals surface area contributed by atoms with Crippen molar-refractivity contribution in [1.82, 2.24) is 10.2 Å². The summed E-state index contributed by atoms with van der Waals surface area (Å²) in [6.45, 7) is 6.27. The second-order valence-corrected chi connectivity index (χ2v) is 8.70. The molecule has 2 aromatic rings. The third-order valence-corrected chi connectivity index (χ3v) is 6.25. The molecule has 3 nitrogen and oxygen atoms in total. The first-order valence-electron chi connectivity index (χ1n) is 8.26. The number of hydrogen-bond acceptors (Lipinski definition) is 4. The number of carbonyl (C=O) groups excluding carboxylic acids is 1. The summed E-state index contributed by atoms with van der Waals surface area (Å²) in [5.41, 5.74) is 0. The first kappa shape index (κ1) is 16.7. The number of aryl methyl sites for hydroxylation is 1. The predicted molar refractivity (Wildman–Crippen MR) is 98.1 cm³/mol. The van der Waals surface area contributed by atoms with Gasteiger partial charge in [0.1, 0.15) is 0 Å². The van der Waals surface area contributed by atoms with Crippen LogP contribution >= 0.6 is 22.7 Å². The minimum absolute atomic E-state index is 0.160. The van der Waals surface area contributed by atoms with Gasteiger partial charge in [-0.3, -0.25) is 9.69 Å². The number of rotatable bonds is 6. The van der Waals surface area contributed by atoms with Crippen LogP contribution in [0.15, 0.2) is 29.6 Å². The van der Waals surface area contributed by atoms with E-state index in [0.29, 0.717) is 12.3 Å². The Bertz CT molecular complexity index is 613.